The molecule has 1 heterocycles. The normalized spacial score (nSPS) is 11.1. The molecule has 18 heavy (non-hydrogen) atoms. The zero-order valence-corrected chi connectivity index (χ0v) is 12.8. The van der Waals surface area contributed by atoms with E-state index in [1.807, 2.05) is 29.5 Å². The Hall–Kier alpha value is -0.840. The van der Waals surface area contributed by atoms with Gasteiger partial charge in [0.25, 0.3) is 0 Å². The van der Waals surface area contributed by atoms with E-state index in [0.717, 1.165) is 29.7 Å². The Kier molecular flexibility index (Phi) is 4.80. The molecule has 2 aromatic rings. The molecule has 0 spiro atoms. The number of thiophene rings is 1. The van der Waals surface area contributed by atoms with Crippen LogP contribution in [0.1, 0.15) is 10.4 Å². The van der Waals surface area contributed by atoms with Crippen molar-refractivity contribution in [1.29, 1.82) is 0 Å². The summed E-state index contributed by atoms with van der Waals surface area (Å²) in [5.74, 6) is 0. The summed E-state index contributed by atoms with van der Waals surface area (Å²) in [6.07, 6.45) is 1.10. The zero-order valence-electron chi connectivity index (χ0n) is 10.4. The van der Waals surface area contributed by atoms with Gasteiger partial charge in [0, 0.05) is 33.7 Å². The molecule has 0 saturated heterocycles. The van der Waals surface area contributed by atoms with Crippen LogP contribution in [0.15, 0.2) is 40.2 Å². The molecule has 2 rings (SSSR count). The van der Waals surface area contributed by atoms with Gasteiger partial charge in [0.1, 0.15) is 0 Å². The molecule has 0 radical (unpaired) electrons. The van der Waals surface area contributed by atoms with E-state index >= 15 is 0 Å². The fourth-order valence-corrected chi connectivity index (χ4v) is 3.05. The first-order valence-electron chi connectivity index (χ1n) is 5.90. The van der Waals surface area contributed by atoms with Crippen molar-refractivity contribution in [2.75, 3.05) is 19.3 Å². The fourth-order valence-electron chi connectivity index (χ4n) is 1.85. The van der Waals surface area contributed by atoms with Gasteiger partial charge < -0.3 is 10.6 Å². The summed E-state index contributed by atoms with van der Waals surface area (Å²) in [4.78, 5) is 3.73. The number of anilines is 1. The van der Waals surface area contributed by atoms with Crippen LogP contribution in [0.4, 0.5) is 5.69 Å². The van der Waals surface area contributed by atoms with Crippen LogP contribution in [-0.4, -0.2) is 18.5 Å². The maximum Gasteiger partial charge on any atom is 0.0371 e. The molecule has 96 valence electrons. The first kappa shape index (κ1) is 13.6. The number of nitrogen functional groups attached to an aromatic ring is 1. The molecule has 0 atom stereocenters. The topological polar surface area (TPSA) is 29.3 Å². The highest BCUT2D eigenvalue weighted by molar-refractivity contribution is 9.10. The molecule has 0 fully saturated rings. The lowest BCUT2D eigenvalue weighted by Gasteiger charge is -2.18. The number of nitrogens with zero attached hydrogens (tertiary/aromatic N) is 1. The van der Waals surface area contributed by atoms with Crippen molar-refractivity contribution in [1.82, 2.24) is 4.90 Å². The molecule has 2 nitrogen and oxygen atoms in total. The number of benzene rings is 1. The van der Waals surface area contributed by atoms with Crippen LogP contribution < -0.4 is 5.73 Å². The maximum absolute atomic E-state index is 6.01. The van der Waals surface area contributed by atoms with Gasteiger partial charge in [-0.15, -0.1) is 11.3 Å². The third-order valence-electron chi connectivity index (χ3n) is 2.90. The van der Waals surface area contributed by atoms with Gasteiger partial charge in [-0.3, -0.25) is 0 Å². The summed E-state index contributed by atoms with van der Waals surface area (Å²) in [6.45, 7) is 1.92. The third kappa shape index (κ3) is 3.57. The Balaban J connectivity index is 1.92. The summed E-state index contributed by atoms with van der Waals surface area (Å²) in [5.41, 5.74) is 8.03. The maximum atomic E-state index is 6.01. The Morgan fingerprint density at radius 2 is 2.11 bits per heavy atom. The molecule has 0 bridgehead atoms. The molecular formula is C14H17BrN2S. The molecule has 0 aliphatic rings. The summed E-state index contributed by atoms with van der Waals surface area (Å²) >= 11 is 5.38. The SMILES string of the molecule is CN(CCc1cccs1)Cc1c(N)cccc1Br. The van der Waals surface area contributed by atoms with Crippen LogP contribution in [0.25, 0.3) is 0 Å². The Bertz CT molecular complexity index is 476. The van der Waals surface area contributed by atoms with E-state index in [-0.39, 0.29) is 0 Å². The van der Waals surface area contributed by atoms with Crippen LogP contribution in [0.5, 0.6) is 0 Å². The average molecular weight is 325 g/mol. The summed E-state index contributed by atoms with van der Waals surface area (Å²) in [7, 11) is 2.13. The number of nitrogens with two attached hydrogens (primary N) is 1. The lowest BCUT2D eigenvalue weighted by Crippen LogP contribution is -2.21. The Labute approximate surface area is 121 Å². The second-order valence-corrected chi connectivity index (χ2v) is 6.26. The second kappa shape index (κ2) is 6.36. The minimum Gasteiger partial charge on any atom is -0.398 e. The number of hydrogen-bond donors (Lipinski definition) is 1. The van der Waals surface area contributed by atoms with Crippen molar-refractivity contribution in [3.8, 4) is 0 Å². The van der Waals surface area contributed by atoms with Gasteiger partial charge in [0.2, 0.25) is 0 Å². The van der Waals surface area contributed by atoms with Crippen LogP contribution >= 0.6 is 27.3 Å². The summed E-state index contributed by atoms with van der Waals surface area (Å²) < 4.78 is 1.09. The lowest BCUT2D eigenvalue weighted by atomic mass is 10.1. The highest BCUT2D eigenvalue weighted by Gasteiger charge is 2.07. The molecule has 1 aromatic carbocycles. The van der Waals surface area contributed by atoms with E-state index < -0.39 is 0 Å². The van der Waals surface area contributed by atoms with Crippen molar-refractivity contribution in [2.45, 2.75) is 13.0 Å². The first-order chi connectivity index (χ1) is 8.66. The van der Waals surface area contributed by atoms with Gasteiger partial charge in [0.15, 0.2) is 0 Å². The van der Waals surface area contributed by atoms with E-state index in [1.165, 1.54) is 10.4 Å². The fraction of sp³-hybridized carbons (Fsp3) is 0.286. The molecule has 0 amide bonds. The molecule has 1 aromatic heterocycles. The van der Waals surface area contributed by atoms with E-state index in [0.29, 0.717) is 0 Å². The van der Waals surface area contributed by atoms with Crippen molar-refractivity contribution in [2.24, 2.45) is 0 Å². The monoisotopic (exact) mass is 324 g/mol. The molecule has 2 N–H and O–H groups in total. The van der Waals surface area contributed by atoms with Crippen LogP contribution in [-0.2, 0) is 13.0 Å². The minimum absolute atomic E-state index is 0.854. The number of halogens is 1. The van der Waals surface area contributed by atoms with Gasteiger partial charge in [-0.1, -0.05) is 28.1 Å². The Morgan fingerprint density at radius 1 is 1.28 bits per heavy atom. The van der Waals surface area contributed by atoms with Crippen LogP contribution in [0.3, 0.4) is 0 Å². The number of likely N-dealkylation sites (N-methyl/N-ethyl adjacent to an activating group) is 1. The first-order valence-corrected chi connectivity index (χ1v) is 7.58. The molecular weight excluding hydrogens is 308 g/mol. The predicted octanol–water partition coefficient (Wildman–Crippen LogP) is 3.77. The number of rotatable bonds is 5. The highest BCUT2D eigenvalue weighted by Crippen LogP contribution is 2.23. The standard InChI is InChI=1S/C14H17BrN2S/c1-17(8-7-11-4-3-9-18-11)10-12-13(15)5-2-6-14(12)16/h2-6,9H,7-8,10,16H2,1H3. The molecule has 0 aliphatic carbocycles. The average Bonchev–Trinajstić information content (AvgIpc) is 2.84. The zero-order chi connectivity index (χ0) is 13.0. The molecule has 0 aliphatic heterocycles. The summed E-state index contributed by atoms with van der Waals surface area (Å²) in [6, 6.07) is 10.2. The number of hydrogen-bond acceptors (Lipinski definition) is 3. The van der Waals surface area contributed by atoms with Crippen molar-refractivity contribution in [3.63, 3.8) is 0 Å². The highest BCUT2D eigenvalue weighted by atomic mass is 79.9. The third-order valence-corrected chi connectivity index (χ3v) is 4.58. The van der Waals surface area contributed by atoms with Crippen molar-refractivity contribution in [3.05, 3.63) is 50.6 Å². The van der Waals surface area contributed by atoms with Crippen LogP contribution in [0.2, 0.25) is 0 Å². The second-order valence-electron chi connectivity index (χ2n) is 4.37. The van der Waals surface area contributed by atoms with Gasteiger partial charge in [-0.25, -0.2) is 0 Å². The molecule has 4 heteroatoms. The van der Waals surface area contributed by atoms with Crippen molar-refractivity contribution >= 4 is 33.0 Å². The van der Waals surface area contributed by atoms with Gasteiger partial charge in [-0.05, 0) is 37.0 Å². The van der Waals surface area contributed by atoms with E-state index in [1.54, 1.807) is 0 Å². The van der Waals surface area contributed by atoms with Gasteiger partial charge >= 0.3 is 0 Å². The van der Waals surface area contributed by atoms with E-state index in [9.17, 15) is 0 Å². The molecule has 0 unspecified atom stereocenters. The predicted molar refractivity (Wildman–Crippen MR) is 82.9 cm³/mol. The minimum atomic E-state index is 0.854. The smallest absolute Gasteiger partial charge is 0.0371 e. The van der Waals surface area contributed by atoms with E-state index in [2.05, 4.69) is 45.4 Å². The largest absolute Gasteiger partial charge is 0.398 e. The van der Waals surface area contributed by atoms with Crippen molar-refractivity contribution < 1.29 is 0 Å². The quantitative estimate of drug-likeness (QED) is 0.848. The Morgan fingerprint density at radius 3 is 2.78 bits per heavy atom. The van der Waals surface area contributed by atoms with Gasteiger partial charge in [-0.2, -0.15) is 0 Å². The molecule has 0 saturated carbocycles. The van der Waals surface area contributed by atoms with E-state index in [4.69, 9.17) is 5.73 Å². The van der Waals surface area contributed by atoms with Crippen LogP contribution in [0, 0.1) is 0 Å². The lowest BCUT2D eigenvalue weighted by molar-refractivity contribution is 0.332. The van der Waals surface area contributed by atoms with Gasteiger partial charge in [0.05, 0.1) is 0 Å². The summed E-state index contributed by atoms with van der Waals surface area (Å²) in [5, 5.41) is 2.13.